The van der Waals surface area contributed by atoms with Gasteiger partial charge in [-0.25, -0.2) is 14.6 Å². The molecule has 1 fully saturated rings. The van der Waals surface area contributed by atoms with E-state index in [9.17, 15) is 9.59 Å². The van der Waals surface area contributed by atoms with Crippen LogP contribution in [0.15, 0.2) is 35.3 Å². The van der Waals surface area contributed by atoms with Gasteiger partial charge in [0.2, 0.25) is 5.91 Å². The zero-order chi connectivity index (χ0) is 18.8. The van der Waals surface area contributed by atoms with Gasteiger partial charge < -0.3 is 9.80 Å². The minimum Gasteiger partial charge on any atom is -0.338 e. The summed E-state index contributed by atoms with van der Waals surface area (Å²) in [6.45, 7) is 1.98. The molecule has 10 nitrogen and oxygen atoms in total. The van der Waals surface area contributed by atoms with E-state index in [1.54, 1.807) is 28.3 Å². The molecule has 0 N–H and O–H groups in total. The Morgan fingerprint density at radius 1 is 1.04 bits per heavy atom. The number of nitrogens with zero attached hydrogens (tertiary/aromatic N) is 8. The van der Waals surface area contributed by atoms with Crippen LogP contribution in [-0.4, -0.2) is 78.0 Å². The molecule has 0 bridgehead atoms. The summed E-state index contributed by atoms with van der Waals surface area (Å²) in [5, 5.41) is 11.5. The van der Waals surface area contributed by atoms with Crippen LogP contribution in [0.3, 0.4) is 0 Å². The van der Waals surface area contributed by atoms with Crippen LogP contribution in [0.5, 0.6) is 0 Å². The summed E-state index contributed by atoms with van der Waals surface area (Å²) < 4.78 is 2.21. The predicted molar refractivity (Wildman–Crippen MR) is 97.5 cm³/mol. The number of fused-ring (bicyclic) bond motifs is 1. The minimum absolute atomic E-state index is 0.0716. The van der Waals surface area contributed by atoms with Crippen molar-refractivity contribution in [2.75, 3.05) is 26.2 Å². The number of hydrogen-bond acceptors (Lipinski definition) is 7. The van der Waals surface area contributed by atoms with Gasteiger partial charge in [-0.15, -0.1) is 5.10 Å². The molecular weight excluding hydrogens is 416 g/mol. The Morgan fingerprint density at radius 3 is 2.52 bits per heavy atom. The van der Waals surface area contributed by atoms with Gasteiger partial charge in [0.15, 0.2) is 5.65 Å². The molecule has 3 aromatic heterocycles. The van der Waals surface area contributed by atoms with Crippen molar-refractivity contribution in [3.8, 4) is 0 Å². The van der Waals surface area contributed by atoms with Crippen molar-refractivity contribution in [1.82, 2.24) is 40.0 Å². The third-order valence-corrected chi connectivity index (χ3v) is 4.79. The number of hydrogen-bond donors (Lipinski definition) is 0. The summed E-state index contributed by atoms with van der Waals surface area (Å²) in [4.78, 5) is 37.0. The lowest BCUT2D eigenvalue weighted by atomic mass is 10.2. The number of aromatic nitrogens is 6. The molecule has 1 saturated heterocycles. The topological polar surface area (TPSA) is 110 Å². The van der Waals surface area contributed by atoms with Crippen LogP contribution in [0.2, 0.25) is 0 Å². The standard InChI is InChI=1S/C16H15BrN8O2/c17-13-6-11-5-12(7-18-15(11)19-8-13)16(27)24-3-1-23(2-4-24)14(26)9-25-10-20-21-22-25/h5-8,10H,1-4,9H2. The molecule has 0 unspecified atom stereocenters. The molecule has 0 saturated carbocycles. The molecule has 0 aromatic carbocycles. The van der Waals surface area contributed by atoms with Crippen molar-refractivity contribution < 1.29 is 9.59 Å². The van der Waals surface area contributed by atoms with E-state index in [1.807, 2.05) is 6.07 Å². The Kier molecular flexibility index (Phi) is 4.75. The molecule has 4 rings (SSSR count). The van der Waals surface area contributed by atoms with Gasteiger partial charge in [-0.05, 0) is 38.5 Å². The lowest BCUT2D eigenvalue weighted by molar-refractivity contribution is -0.133. The average molecular weight is 431 g/mol. The smallest absolute Gasteiger partial charge is 0.255 e. The molecule has 1 aliphatic heterocycles. The monoisotopic (exact) mass is 430 g/mol. The van der Waals surface area contributed by atoms with Crippen molar-refractivity contribution in [3.63, 3.8) is 0 Å². The second kappa shape index (κ2) is 7.35. The number of piperazine rings is 1. The first-order valence-corrected chi connectivity index (χ1v) is 9.08. The maximum absolute atomic E-state index is 12.8. The average Bonchev–Trinajstić information content (AvgIpc) is 3.20. The van der Waals surface area contributed by atoms with Gasteiger partial charge in [0.25, 0.3) is 5.91 Å². The second-order valence-corrected chi connectivity index (χ2v) is 7.02. The number of tetrazole rings is 1. The molecule has 11 heteroatoms. The van der Waals surface area contributed by atoms with Crippen molar-refractivity contribution in [1.29, 1.82) is 0 Å². The van der Waals surface area contributed by atoms with E-state index in [2.05, 4.69) is 41.4 Å². The second-order valence-electron chi connectivity index (χ2n) is 6.10. The van der Waals surface area contributed by atoms with E-state index in [0.29, 0.717) is 37.4 Å². The summed E-state index contributed by atoms with van der Waals surface area (Å²) in [5.74, 6) is -0.172. The van der Waals surface area contributed by atoms with Crippen LogP contribution in [0.4, 0.5) is 0 Å². The minimum atomic E-state index is -0.100. The first-order valence-electron chi connectivity index (χ1n) is 8.29. The third kappa shape index (κ3) is 3.77. The van der Waals surface area contributed by atoms with Gasteiger partial charge in [-0.3, -0.25) is 9.59 Å². The normalized spacial score (nSPS) is 14.6. The zero-order valence-electron chi connectivity index (χ0n) is 14.2. The Bertz CT molecular complexity index is 985. The molecule has 4 heterocycles. The molecule has 1 aliphatic rings. The molecule has 0 atom stereocenters. The third-order valence-electron chi connectivity index (χ3n) is 4.35. The molecule has 0 spiro atoms. The highest BCUT2D eigenvalue weighted by molar-refractivity contribution is 9.10. The first-order chi connectivity index (χ1) is 13.1. The lowest BCUT2D eigenvalue weighted by Crippen LogP contribution is -2.51. The number of carbonyl (C=O) groups excluding carboxylic acids is 2. The van der Waals surface area contributed by atoms with Gasteiger partial charge in [-0.1, -0.05) is 0 Å². The lowest BCUT2D eigenvalue weighted by Gasteiger charge is -2.34. The van der Waals surface area contributed by atoms with Crippen molar-refractivity contribution in [2.24, 2.45) is 0 Å². The van der Waals surface area contributed by atoms with E-state index < -0.39 is 0 Å². The number of carbonyl (C=O) groups is 2. The first kappa shape index (κ1) is 17.5. The Hall–Kier alpha value is -2.95. The van der Waals surface area contributed by atoms with E-state index in [-0.39, 0.29) is 18.4 Å². The molecule has 0 aliphatic carbocycles. The predicted octanol–water partition coefficient (Wildman–Crippen LogP) is 0.363. The summed E-state index contributed by atoms with van der Waals surface area (Å²) in [5.41, 5.74) is 1.10. The highest BCUT2D eigenvalue weighted by atomic mass is 79.9. The fourth-order valence-electron chi connectivity index (χ4n) is 2.95. The van der Waals surface area contributed by atoms with Gasteiger partial charge in [0, 0.05) is 48.4 Å². The van der Waals surface area contributed by atoms with Gasteiger partial charge >= 0.3 is 0 Å². The van der Waals surface area contributed by atoms with Crippen LogP contribution < -0.4 is 0 Å². The Labute approximate surface area is 162 Å². The van der Waals surface area contributed by atoms with Gasteiger partial charge in [-0.2, -0.15) is 0 Å². The van der Waals surface area contributed by atoms with Crippen LogP contribution in [0, 0.1) is 0 Å². The van der Waals surface area contributed by atoms with Crippen molar-refractivity contribution in [2.45, 2.75) is 6.54 Å². The highest BCUT2D eigenvalue weighted by Gasteiger charge is 2.25. The fraction of sp³-hybridized carbons (Fsp3) is 0.312. The van der Waals surface area contributed by atoms with Gasteiger partial charge in [0.05, 0.1) is 5.56 Å². The molecule has 138 valence electrons. The Balaban J connectivity index is 1.40. The van der Waals surface area contributed by atoms with E-state index in [0.717, 1.165) is 9.86 Å². The van der Waals surface area contributed by atoms with Crippen molar-refractivity contribution in [3.05, 3.63) is 40.9 Å². The largest absolute Gasteiger partial charge is 0.338 e. The summed E-state index contributed by atoms with van der Waals surface area (Å²) in [6, 6.07) is 3.67. The maximum atomic E-state index is 12.8. The maximum Gasteiger partial charge on any atom is 0.255 e. The summed E-state index contributed by atoms with van der Waals surface area (Å²) in [6.07, 6.45) is 4.61. The molecular formula is C16H15BrN8O2. The van der Waals surface area contributed by atoms with E-state index >= 15 is 0 Å². The van der Waals surface area contributed by atoms with Crippen LogP contribution in [0.1, 0.15) is 10.4 Å². The van der Waals surface area contributed by atoms with Crippen LogP contribution >= 0.6 is 15.9 Å². The van der Waals surface area contributed by atoms with Gasteiger partial charge in [0.1, 0.15) is 12.9 Å². The molecule has 27 heavy (non-hydrogen) atoms. The number of halogens is 1. The molecule has 3 aromatic rings. The highest BCUT2D eigenvalue weighted by Crippen LogP contribution is 2.18. The van der Waals surface area contributed by atoms with E-state index in [1.165, 1.54) is 11.0 Å². The van der Waals surface area contributed by atoms with Crippen LogP contribution in [-0.2, 0) is 11.3 Å². The quantitative estimate of drug-likeness (QED) is 0.589. The summed E-state index contributed by atoms with van der Waals surface area (Å²) in [7, 11) is 0. The Morgan fingerprint density at radius 2 is 1.78 bits per heavy atom. The fourth-order valence-corrected chi connectivity index (χ4v) is 3.30. The van der Waals surface area contributed by atoms with E-state index in [4.69, 9.17) is 0 Å². The number of amides is 2. The molecule has 2 amide bonds. The van der Waals surface area contributed by atoms with Crippen molar-refractivity contribution >= 4 is 38.8 Å². The SMILES string of the molecule is O=C(Cn1cnnn1)N1CCN(C(=O)c2cnc3ncc(Br)cc3c2)CC1. The molecule has 0 radical (unpaired) electrons. The number of rotatable bonds is 3. The number of pyridine rings is 2. The zero-order valence-corrected chi connectivity index (χ0v) is 15.8. The summed E-state index contributed by atoms with van der Waals surface area (Å²) >= 11 is 3.37. The van der Waals surface area contributed by atoms with Crippen LogP contribution in [0.25, 0.3) is 11.0 Å².